The van der Waals surface area contributed by atoms with Crippen molar-refractivity contribution >= 4 is 53.2 Å². The molecule has 8 bridgehead atoms. The second-order valence-electron chi connectivity index (χ2n) is 20.3. The van der Waals surface area contributed by atoms with Crippen molar-refractivity contribution in [1.82, 2.24) is 0 Å². The van der Waals surface area contributed by atoms with E-state index in [4.69, 9.17) is 0 Å². The van der Waals surface area contributed by atoms with Gasteiger partial charge in [-0.1, -0.05) is 99.5 Å². The maximum atomic E-state index is 3.06. The Balaban J connectivity index is 0.000000185. The fourth-order valence-electron chi connectivity index (χ4n) is 14.7. The Morgan fingerprint density at radius 1 is 0.508 bits per heavy atom. The Labute approximate surface area is 398 Å². The molecule has 4 heteroatoms. The number of halogens is 2. The summed E-state index contributed by atoms with van der Waals surface area (Å²) in [5.74, 6) is 6.08. The third-order valence-electron chi connectivity index (χ3n) is 16.5. The average Bonchev–Trinajstić information content (AvgIpc) is 3.84. The number of fused-ring (bicyclic) bond motifs is 2. The van der Waals surface area contributed by atoms with Gasteiger partial charge in [0.25, 0.3) is 0 Å². The van der Waals surface area contributed by atoms with Gasteiger partial charge in [0, 0.05) is 0 Å². The van der Waals surface area contributed by atoms with E-state index in [1.807, 2.05) is 0 Å². The second kappa shape index (κ2) is 19.1. The summed E-state index contributed by atoms with van der Waals surface area (Å²) in [4.78, 5) is 0. The van der Waals surface area contributed by atoms with E-state index in [1.54, 1.807) is 11.1 Å². The Kier molecular flexibility index (Phi) is 15.1. The van der Waals surface area contributed by atoms with Gasteiger partial charge in [0.2, 0.25) is 0 Å². The number of rotatable bonds is 5. The zero-order valence-electron chi connectivity index (χ0n) is 37.7. The number of benzene rings is 4. The molecule has 0 atom stereocenters. The first-order chi connectivity index (χ1) is 27.7. The second-order valence-corrected chi connectivity index (χ2v) is 20.3. The first-order valence-electron chi connectivity index (χ1n) is 22.6. The predicted octanol–water partition coefficient (Wildman–Crippen LogP) is 16.2. The standard InChI is InChI=1S/C28H31.C27H29.2CH3.2ClH.Si.Zr/c1-3-19-13-26-18(2)4-9-25(27(26)14-19)23-5-7-24(8-6-23)28-15-20-10-21(16-28)12-22(11-20)17-28;1-17-9-25-18(2)3-8-24(26(25)10-17)22-4-6-23(7-5-22)27-14-19-11-20(15-27)13-21(12-19)16-27;;;;;;/h4-9,13-14,20-22H,3,10-12,15-17H2,1-2H3;3-10,19-21H,11-16H2,1-2H3;2*1H3;2*1H;;/q4*-1;;;;. The molecule has 0 spiro atoms. The molecule has 0 N–H and O–H groups in total. The van der Waals surface area contributed by atoms with Crippen molar-refractivity contribution in [3.05, 3.63) is 145 Å². The molecule has 8 aliphatic carbocycles. The first-order valence-corrected chi connectivity index (χ1v) is 26.7. The van der Waals surface area contributed by atoms with Gasteiger partial charge in [-0.25, -0.2) is 0 Å². The third-order valence-corrected chi connectivity index (χ3v) is 16.5. The summed E-state index contributed by atoms with van der Waals surface area (Å²) in [6, 6.07) is 38.3. The molecule has 8 fully saturated rings. The van der Waals surface area contributed by atoms with Crippen LogP contribution in [0, 0.1) is 71.1 Å². The van der Waals surface area contributed by atoms with Crippen molar-refractivity contribution in [3.63, 3.8) is 0 Å². The summed E-state index contributed by atoms with van der Waals surface area (Å²) < 4.78 is 0. The van der Waals surface area contributed by atoms with Gasteiger partial charge in [-0.15, -0.1) is 92.9 Å². The van der Waals surface area contributed by atoms with Gasteiger partial charge in [-0.2, -0.15) is 12.1 Å². The fourth-order valence-corrected chi connectivity index (χ4v) is 14.7. The van der Waals surface area contributed by atoms with Crippen LogP contribution in [0.3, 0.4) is 0 Å². The van der Waals surface area contributed by atoms with Crippen molar-refractivity contribution in [2.75, 3.05) is 0 Å². The molecule has 0 aliphatic heterocycles. The van der Waals surface area contributed by atoms with E-state index in [9.17, 15) is 0 Å². The molecule has 6 aromatic rings. The number of aryl methyl sites for hydroxylation is 4. The van der Waals surface area contributed by atoms with Crippen molar-refractivity contribution in [1.29, 1.82) is 0 Å². The Morgan fingerprint density at radius 2 is 0.852 bits per heavy atom. The van der Waals surface area contributed by atoms with Crippen LogP contribution >= 0.6 is 24.8 Å². The van der Waals surface area contributed by atoms with Crippen LogP contribution in [-0.4, -0.2) is 6.88 Å². The monoisotopic (exact) mass is 940 g/mol. The van der Waals surface area contributed by atoms with Crippen LogP contribution in [0.4, 0.5) is 0 Å². The van der Waals surface area contributed by atoms with Crippen LogP contribution in [-0.2, 0) is 40.6 Å². The summed E-state index contributed by atoms with van der Waals surface area (Å²) >= 11 is 1.36. The van der Waals surface area contributed by atoms with Gasteiger partial charge in [-0.05, 0) is 152 Å². The summed E-state index contributed by atoms with van der Waals surface area (Å²) in [5, 5.41) is 5.68. The molecule has 61 heavy (non-hydrogen) atoms. The number of hydrogen-bond acceptors (Lipinski definition) is 0. The summed E-state index contributed by atoms with van der Waals surface area (Å²) in [6.45, 7) is 12.0. The van der Waals surface area contributed by atoms with Crippen LogP contribution in [0.5, 0.6) is 0 Å². The molecule has 0 heterocycles. The molecule has 2 radical (unpaired) electrons. The third kappa shape index (κ3) is 8.70. The molecule has 8 saturated carbocycles. The van der Waals surface area contributed by atoms with Crippen molar-refractivity contribution < 1.29 is 23.3 Å². The van der Waals surface area contributed by atoms with E-state index < -0.39 is 0 Å². The van der Waals surface area contributed by atoms with Crippen molar-refractivity contribution in [2.45, 2.75) is 122 Å². The van der Waals surface area contributed by atoms with Gasteiger partial charge in [-0.3, -0.25) is 0 Å². The fraction of sp³-hybridized carbons (Fsp3) is 0.439. The van der Waals surface area contributed by atoms with E-state index in [0.717, 1.165) is 41.9 Å². The minimum absolute atomic E-state index is 0. The maximum absolute atomic E-state index is 3.06. The van der Waals surface area contributed by atoms with Crippen LogP contribution in [0.1, 0.15) is 117 Å². The molecular formula is C57H68Cl2SiZr-4. The Bertz CT molecular complexity index is 2360. The summed E-state index contributed by atoms with van der Waals surface area (Å²) in [7, 11) is 0. The summed E-state index contributed by atoms with van der Waals surface area (Å²) in [5.41, 5.74) is 15.4. The quantitative estimate of drug-likeness (QED) is 0.119. The predicted molar refractivity (Wildman–Crippen MR) is 266 cm³/mol. The molecule has 0 saturated heterocycles. The topological polar surface area (TPSA) is 0 Å². The molecule has 0 aromatic heterocycles. The Morgan fingerprint density at radius 3 is 1.21 bits per heavy atom. The van der Waals surface area contributed by atoms with Gasteiger partial charge in [0.05, 0.1) is 0 Å². The molecule has 0 nitrogen and oxygen atoms in total. The van der Waals surface area contributed by atoms with Crippen LogP contribution in [0.25, 0.3) is 43.8 Å². The van der Waals surface area contributed by atoms with Gasteiger partial charge in [0.1, 0.15) is 0 Å². The van der Waals surface area contributed by atoms with Crippen LogP contribution in [0.15, 0.2) is 97.1 Å². The Hall–Kier alpha value is -2.22. The molecule has 0 amide bonds. The minimum atomic E-state index is 0. The SMILES string of the molecule is CCc1cc2c(-c3ccc(C45CC6CC(CC(C6)C4)C5)cc3)ccc(C)c2[cH-]1.Cc1cc2c(-c3ccc(C45CC6CC(CC(C6)C4)C5)cc3)ccc(C)c2[cH-]1.Cl.Cl.[CH3-].[CH3-].[Si]=[Zr]. The molecule has 8 aliphatic rings. The average molecular weight is 943 g/mol. The number of hydrogen-bond donors (Lipinski definition) is 0. The summed E-state index contributed by atoms with van der Waals surface area (Å²) in [6.07, 6.45) is 19.0. The molecule has 0 unspecified atom stereocenters. The van der Waals surface area contributed by atoms with Gasteiger partial charge in [0.15, 0.2) is 0 Å². The first kappa shape index (κ1) is 48.2. The van der Waals surface area contributed by atoms with Gasteiger partial charge >= 0.3 is 30.2 Å². The molecule has 322 valence electrons. The van der Waals surface area contributed by atoms with Gasteiger partial charge < -0.3 is 14.9 Å². The zero-order valence-corrected chi connectivity index (χ0v) is 42.8. The van der Waals surface area contributed by atoms with E-state index >= 15 is 0 Å². The molecular weight excluding hydrogens is 875 g/mol. The normalized spacial score (nSPS) is 28.3. The van der Waals surface area contributed by atoms with E-state index in [-0.39, 0.29) is 39.7 Å². The van der Waals surface area contributed by atoms with Crippen molar-refractivity contribution in [2.24, 2.45) is 35.5 Å². The van der Waals surface area contributed by atoms with Crippen molar-refractivity contribution in [3.8, 4) is 22.3 Å². The van der Waals surface area contributed by atoms with E-state index in [1.165, 1.54) is 166 Å². The zero-order chi connectivity index (χ0) is 39.1. The van der Waals surface area contributed by atoms with E-state index in [0.29, 0.717) is 10.8 Å². The molecule has 14 rings (SSSR count). The van der Waals surface area contributed by atoms with Crippen LogP contribution in [0.2, 0.25) is 0 Å². The van der Waals surface area contributed by atoms with Crippen LogP contribution < -0.4 is 0 Å². The van der Waals surface area contributed by atoms with E-state index in [2.05, 4.69) is 132 Å². The molecule has 6 aromatic carbocycles.